The van der Waals surface area contributed by atoms with Crippen molar-refractivity contribution in [1.29, 1.82) is 0 Å². The first kappa shape index (κ1) is 15.0. The highest BCUT2D eigenvalue weighted by Gasteiger charge is 2.34. The molecule has 0 aliphatic carbocycles. The highest BCUT2D eigenvalue weighted by atomic mass is 32.2. The lowest BCUT2D eigenvalue weighted by molar-refractivity contribution is 0.0696. The maximum absolute atomic E-state index is 12.4. The number of carbonyl (C=O) groups is 1. The third-order valence-electron chi connectivity index (χ3n) is 3.61. The van der Waals surface area contributed by atoms with Crippen LogP contribution in [0.1, 0.15) is 23.7 Å². The van der Waals surface area contributed by atoms with Crippen molar-refractivity contribution in [3.63, 3.8) is 0 Å². The molecule has 2 unspecified atom stereocenters. The predicted molar refractivity (Wildman–Crippen MR) is 71.9 cm³/mol. The van der Waals surface area contributed by atoms with E-state index in [0.717, 1.165) is 0 Å². The number of hydrogen-bond acceptors (Lipinski definition) is 4. The summed E-state index contributed by atoms with van der Waals surface area (Å²) < 4.78 is 26.1. The zero-order chi connectivity index (χ0) is 14.9. The molecule has 1 aromatic rings. The lowest BCUT2D eigenvalue weighted by Gasteiger charge is -2.17. The number of benzene rings is 1. The average molecular weight is 299 g/mol. The first-order chi connectivity index (χ1) is 9.32. The predicted octanol–water partition coefficient (Wildman–Crippen LogP) is 0.776. The van der Waals surface area contributed by atoms with Crippen molar-refractivity contribution >= 4 is 16.0 Å². The van der Waals surface area contributed by atoms with Crippen LogP contribution in [0.2, 0.25) is 0 Å². The molecule has 1 aromatic carbocycles. The van der Waals surface area contributed by atoms with Crippen LogP contribution in [0.25, 0.3) is 0 Å². The van der Waals surface area contributed by atoms with Crippen molar-refractivity contribution < 1.29 is 23.4 Å². The van der Waals surface area contributed by atoms with E-state index >= 15 is 0 Å². The van der Waals surface area contributed by atoms with Crippen LogP contribution in [-0.2, 0) is 10.0 Å². The van der Waals surface area contributed by atoms with E-state index in [4.69, 9.17) is 5.11 Å². The number of hydrogen-bond donors (Lipinski definition) is 2. The van der Waals surface area contributed by atoms with E-state index in [2.05, 4.69) is 0 Å². The molecule has 0 aromatic heterocycles. The molecule has 1 fully saturated rings. The fourth-order valence-corrected chi connectivity index (χ4v) is 3.80. The molecule has 20 heavy (non-hydrogen) atoms. The molecule has 2 rings (SSSR count). The van der Waals surface area contributed by atoms with Gasteiger partial charge in [0.25, 0.3) is 0 Å². The van der Waals surface area contributed by atoms with Gasteiger partial charge in [0.1, 0.15) is 0 Å². The third-order valence-corrected chi connectivity index (χ3v) is 5.49. The van der Waals surface area contributed by atoms with E-state index in [1.165, 1.54) is 28.6 Å². The Labute approximate surface area is 117 Å². The van der Waals surface area contributed by atoms with E-state index < -0.39 is 22.1 Å². The number of aromatic carboxylic acids is 1. The van der Waals surface area contributed by atoms with Gasteiger partial charge in [0.2, 0.25) is 10.0 Å². The number of sulfonamides is 1. The molecule has 1 aliphatic heterocycles. The van der Waals surface area contributed by atoms with Gasteiger partial charge in [-0.25, -0.2) is 13.2 Å². The van der Waals surface area contributed by atoms with Crippen molar-refractivity contribution in [3.05, 3.63) is 29.8 Å². The quantitative estimate of drug-likeness (QED) is 0.856. The summed E-state index contributed by atoms with van der Waals surface area (Å²) in [6.45, 7) is 2.32. The Morgan fingerprint density at radius 2 is 1.95 bits per heavy atom. The fourth-order valence-electron chi connectivity index (χ4n) is 2.28. The Morgan fingerprint density at radius 1 is 1.35 bits per heavy atom. The molecule has 0 amide bonds. The number of aliphatic hydroxyl groups excluding tert-OH is 1. The van der Waals surface area contributed by atoms with E-state index in [0.29, 0.717) is 19.5 Å². The monoisotopic (exact) mass is 299 g/mol. The minimum atomic E-state index is -3.62. The van der Waals surface area contributed by atoms with E-state index in [1.807, 2.05) is 0 Å². The smallest absolute Gasteiger partial charge is 0.335 e. The van der Waals surface area contributed by atoms with Gasteiger partial charge in [0.15, 0.2) is 0 Å². The summed E-state index contributed by atoms with van der Waals surface area (Å²) >= 11 is 0. The Hall–Kier alpha value is -1.44. The number of rotatable bonds is 4. The molecule has 0 bridgehead atoms. The van der Waals surface area contributed by atoms with Crippen LogP contribution in [0.3, 0.4) is 0 Å². The molecule has 1 heterocycles. The second kappa shape index (κ2) is 5.51. The molecule has 1 aliphatic rings. The van der Waals surface area contributed by atoms with Crippen LogP contribution in [0.5, 0.6) is 0 Å². The normalized spacial score (nSPS) is 21.8. The third kappa shape index (κ3) is 2.84. The second-order valence-corrected chi connectivity index (χ2v) is 6.92. The minimum Gasteiger partial charge on any atom is -0.478 e. The van der Waals surface area contributed by atoms with Gasteiger partial charge in [-0.2, -0.15) is 4.31 Å². The van der Waals surface area contributed by atoms with Crippen LogP contribution in [-0.4, -0.2) is 48.1 Å². The van der Waals surface area contributed by atoms with Crippen molar-refractivity contribution in [2.75, 3.05) is 13.1 Å². The fraction of sp³-hybridized carbons (Fsp3) is 0.462. The van der Waals surface area contributed by atoms with Crippen molar-refractivity contribution in [1.82, 2.24) is 4.31 Å². The van der Waals surface area contributed by atoms with Gasteiger partial charge in [-0.05, 0) is 43.5 Å². The Balaban J connectivity index is 2.21. The molecule has 0 radical (unpaired) electrons. The van der Waals surface area contributed by atoms with E-state index in [9.17, 15) is 18.3 Å². The van der Waals surface area contributed by atoms with Gasteiger partial charge < -0.3 is 10.2 Å². The van der Waals surface area contributed by atoms with Gasteiger partial charge in [0.05, 0.1) is 16.6 Å². The van der Waals surface area contributed by atoms with Crippen LogP contribution < -0.4 is 0 Å². The van der Waals surface area contributed by atoms with Crippen molar-refractivity contribution in [2.24, 2.45) is 5.92 Å². The van der Waals surface area contributed by atoms with Crippen LogP contribution >= 0.6 is 0 Å². The first-order valence-corrected chi connectivity index (χ1v) is 7.78. The molecule has 0 saturated carbocycles. The largest absolute Gasteiger partial charge is 0.478 e. The molecule has 7 heteroatoms. The molecule has 110 valence electrons. The highest BCUT2D eigenvalue weighted by molar-refractivity contribution is 7.89. The summed E-state index contributed by atoms with van der Waals surface area (Å²) in [5, 5.41) is 18.3. The Kier molecular flexibility index (Phi) is 4.12. The van der Waals surface area contributed by atoms with E-state index in [1.54, 1.807) is 6.92 Å². The molecule has 1 saturated heterocycles. The van der Waals surface area contributed by atoms with Crippen LogP contribution in [0, 0.1) is 5.92 Å². The summed E-state index contributed by atoms with van der Waals surface area (Å²) in [6, 6.07) is 5.15. The van der Waals surface area contributed by atoms with Gasteiger partial charge >= 0.3 is 5.97 Å². The first-order valence-electron chi connectivity index (χ1n) is 6.34. The zero-order valence-corrected chi connectivity index (χ0v) is 11.9. The van der Waals surface area contributed by atoms with Crippen LogP contribution in [0.15, 0.2) is 29.2 Å². The summed E-state index contributed by atoms with van der Waals surface area (Å²) in [5.74, 6) is -1.15. The number of aliphatic hydroxyl groups is 1. The van der Waals surface area contributed by atoms with E-state index in [-0.39, 0.29) is 16.4 Å². The second-order valence-electron chi connectivity index (χ2n) is 4.98. The Bertz CT molecular complexity index is 594. The maximum Gasteiger partial charge on any atom is 0.335 e. The topological polar surface area (TPSA) is 94.9 Å². The van der Waals surface area contributed by atoms with Crippen molar-refractivity contribution in [2.45, 2.75) is 24.3 Å². The SMILES string of the molecule is CC(O)C1CCN(S(=O)(=O)c2ccc(C(=O)O)cc2)C1. The lowest BCUT2D eigenvalue weighted by Crippen LogP contribution is -2.30. The van der Waals surface area contributed by atoms with Gasteiger partial charge in [-0.15, -0.1) is 0 Å². The highest BCUT2D eigenvalue weighted by Crippen LogP contribution is 2.26. The molecule has 2 atom stereocenters. The number of carboxylic acid groups (broad SMARTS) is 1. The lowest BCUT2D eigenvalue weighted by atomic mass is 10.0. The molecular formula is C13H17NO5S. The minimum absolute atomic E-state index is 0.0484. The summed E-state index contributed by atoms with van der Waals surface area (Å²) in [5.41, 5.74) is 0.0484. The average Bonchev–Trinajstić information content (AvgIpc) is 2.89. The van der Waals surface area contributed by atoms with Crippen molar-refractivity contribution in [3.8, 4) is 0 Å². The molecule has 2 N–H and O–H groups in total. The summed E-state index contributed by atoms with van der Waals surface area (Å²) in [7, 11) is -3.62. The Morgan fingerprint density at radius 3 is 2.40 bits per heavy atom. The summed E-state index contributed by atoms with van der Waals surface area (Å²) in [6.07, 6.45) is 0.0917. The molecule has 6 nitrogen and oxygen atoms in total. The molecule has 0 spiro atoms. The zero-order valence-electron chi connectivity index (χ0n) is 11.1. The standard InChI is InChI=1S/C13H17NO5S/c1-9(15)11-6-7-14(8-11)20(18,19)12-4-2-10(3-5-12)13(16)17/h2-5,9,11,15H,6-8H2,1H3,(H,16,17). The molecular weight excluding hydrogens is 282 g/mol. The van der Waals surface area contributed by atoms with Gasteiger partial charge in [0, 0.05) is 13.1 Å². The number of carboxylic acids is 1. The maximum atomic E-state index is 12.4. The summed E-state index contributed by atoms with van der Waals surface area (Å²) in [4.78, 5) is 10.8. The van der Waals surface area contributed by atoms with Crippen LogP contribution in [0.4, 0.5) is 0 Å². The number of nitrogens with zero attached hydrogens (tertiary/aromatic N) is 1. The van der Waals surface area contributed by atoms with Gasteiger partial charge in [-0.1, -0.05) is 0 Å². The van der Waals surface area contributed by atoms with Gasteiger partial charge in [-0.3, -0.25) is 0 Å².